The van der Waals surface area contributed by atoms with Crippen molar-refractivity contribution in [2.45, 2.75) is 29.0 Å². The quantitative estimate of drug-likeness (QED) is 0.311. The second kappa shape index (κ2) is 9.61. The highest BCUT2D eigenvalue weighted by Crippen LogP contribution is 2.31. The zero-order valence-electron chi connectivity index (χ0n) is 19.7. The van der Waals surface area contributed by atoms with Gasteiger partial charge in [-0.25, -0.2) is 26.5 Å². The Labute approximate surface area is 214 Å². The molecule has 12 heteroatoms. The number of aromatic nitrogens is 2. The van der Waals surface area contributed by atoms with E-state index in [0.717, 1.165) is 11.1 Å². The van der Waals surface area contributed by atoms with E-state index in [0.29, 0.717) is 22.7 Å². The van der Waals surface area contributed by atoms with Crippen LogP contribution in [0, 0.1) is 0 Å². The standard InChI is InChI=1S/C25H24N4O6S2/c1-35-18-5-4-6-19(14-18)36(31,32)28-22(25-26-20-7-2-3-8-21(20)27-25)13-16-9-11-17(12-10-16)23-15-24(30)29-37(23,33)34/h2-12,14,22-23,28H,13,15H2,1H3,(H,26,27)(H,29,30)/t22-,23?/m0/s1. The molecule has 0 aliphatic carbocycles. The maximum Gasteiger partial charge on any atom is 0.242 e. The molecule has 5 rings (SSSR count). The Bertz CT molecular complexity index is 1650. The average molecular weight is 541 g/mol. The summed E-state index contributed by atoms with van der Waals surface area (Å²) in [5.41, 5.74) is 2.70. The van der Waals surface area contributed by atoms with E-state index in [4.69, 9.17) is 4.74 Å². The summed E-state index contributed by atoms with van der Waals surface area (Å²) in [7, 11) is -6.25. The molecule has 0 spiro atoms. The van der Waals surface area contributed by atoms with E-state index in [2.05, 4.69) is 14.7 Å². The summed E-state index contributed by atoms with van der Waals surface area (Å²) in [6, 6.07) is 19.5. The summed E-state index contributed by atoms with van der Waals surface area (Å²) in [5, 5.41) is -0.952. The number of hydrogen-bond acceptors (Lipinski definition) is 7. The van der Waals surface area contributed by atoms with E-state index < -0.39 is 37.2 Å². The maximum atomic E-state index is 13.3. The van der Waals surface area contributed by atoms with Crippen LogP contribution in [0.3, 0.4) is 0 Å². The van der Waals surface area contributed by atoms with Gasteiger partial charge in [0.15, 0.2) is 0 Å². The van der Waals surface area contributed by atoms with Crippen molar-refractivity contribution in [2.75, 3.05) is 7.11 Å². The highest BCUT2D eigenvalue weighted by atomic mass is 32.2. The first-order valence-electron chi connectivity index (χ1n) is 11.4. The summed E-state index contributed by atoms with van der Waals surface area (Å²) in [6.45, 7) is 0. The molecule has 3 N–H and O–H groups in total. The first kappa shape index (κ1) is 24.9. The molecule has 37 heavy (non-hydrogen) atoms. The van der Waals surface area contributed by atoms with Crippen LogP contribution in [0.2, 0.25) is 0 Å². The van der Waals surface area contributed by atoms with Gasteiger partial charge in [-0.3, -0.25) is 9.52 Å². The third-order valence-corrected chi connectivity index (χ3v) is 9.35. The Morgan fingerprint density at radius 3 is 2.51 bits per heavy atom. The minimum atomic E-state index is -3.96. The van der Waals surface area contributed by atoms with Crippen LogP contribution < -0.4 is 14.2 Å². The fourth-order valence-electron chi connectivity index (χ4n) is 4.31. The second-order valence-corrected chi connectivity index (χ2v) is 12.3. The summed E-state index contributed by atoms with van der Waals surface area (Å²) >= 11 is 0. The van der Waals surface area contributed by atoms with Gasteiger partial charge in [-0.15, -0.1) is 0 Å². The molecule has 0 saturated carbocycles. The molecule has 2 atom stereocenters. The fourth-order valence-corrected chi connectivity index (χ4v) is 6.97. The number of imidazole rings is 1. The fraction of sp³-hybridized carbons (Fsp3) is 0.200. The predicted octanol–water partition coefficient (Wildman–Crippen LogP) is 2.72. The van der Waals surface area contributed by atoms with Crippen molar-refractivity contribution < 1.29 is 26.4 Å². The van der Waals surface area contributed by atoms with Gasteiger partial charge in [0, 0.05) is 6.07 Å². The third-order valence-electron chi connectivity index (χ3n) is 6.18. The lowest BCUT2D eigenvalue weighted by Gasteiger charge is -2.18. The number of rotatable bonds is 8. The maximum absolute atomic E-state index is 13.3. The number of hydrogen-bond donors (Lipinski definition) is 3. The van der Waals surface area contributed by atoms with Crippen LogP contribution in [-0.4, -0.2) is 39.8 Å². The number of nitrogens with one attached hydrogen (secondary N) is 3. The number of sulfonamides is 2. The van der Waals surface area contributed by atoms with Crippen molar-refractivity contribution in [1.82, 2.24) is 19.4 Å². The summed E-state index contributed by atoms with van der Waals surface area (Å²) in [6.07, 6.45) is 0.0987. The predicted molar refractivity (Wildman–Crippen MR) is 137 cm³/mol. The Kier molecular flexibility index (Phi) is 6.48. The normalized spacial score (nSPS) is 18.0. The average Bonchev–Trinajstić information content (AvgIpc) is 3.43. The number of carbonyl (C=O) groups excluding carboxylic acids is 1. The second-order valence-electron chi connectivity index (χ2n) is 8.70. The van der Waals surface area contributed by atoms with Gasteiger partial charge in [0.05, 0.1) is 35.5 Å². The van der Waals surface area contributed by atoms with Crippen molar-refractivity contribution in [1.29, 1.82) is 0 Å². The van der Waals surface area contributed by atoms with Crippen LogP contribution in [0.4, 0.5) is 0 Å². The molecule has 4 aromatic rings. The summed E-state index contributed by atoms with van der Waals surface area (Å²) in [4.78, 5) is 19.4. The lowest BCUT2D eigenvalue weighted by atomic mass is 10.0. The number of H-pyrrole nitrogens is 1. The van der Waals surface area contributed by atoms with Gasteiger partial charge in [-0.2, -0.15) is 0 Å². The Morgan fingerprint density at radius 1 is 1.08 bits per heavy atom. The zero-order valence-corrected chi connectivity index (χ0v) is 21.3. The Morgan fingerprint density at radius 2 is 1.84 bits per heavy atom. The Balaban J connectivity index is 1.46. The molecular weight excluding hydrogens is 516 g/mol. The van der Waals surface area contributed by atoms with Crippen LogP contribution in [-0.2, 0) is 31.3 Å². The molecule has 1 aliphatic rings. The van der Waals surface area contributed by atoms with Crippen molar-refractivity contribution in [2.24, 2.45) is 0 Å². The minimum absolute atomic E-state index is 0.0481. The number of para-hydroxylation sites is 2. The van der Waals surface area contributed by atoms with Crippen LogP contribution in [0.15, 0.2) is 77.7 Å². The molecule has 1 amide bonds. The topological polar surface area (TPSA) is 147 Å². The monoisotopic (exact) mass is 540 g/mol. The summed E-state index contributed by atoms with van der Waals surface area (Å²) < 4.78 is 61.0. The van der Waals surface area contributed by atoms with Crippen molar-refractivity contribution >= 4 is 37.0 Å². The van der Waals surface area contributed by atoms with Gasteiger partial charge in [-0.1, -0.05) is 42.5 Å². The lowest BCUT2D eigenvalue weighted by molar-refractivity contribution is -0.118. The molecule has 192 valence electrons. The Hall–Kier alpha value is -3.74. The van der Waals surface area contributed by atoms with E-state index in [1.54, 1.807) is 36.4 Å². The molecule has 3 aromatic carbocycles. The number of methoxy groups -OCH3 is 1. The van der Waals surface area contributed by atoms with E-state index in [-0.39, 0.29) is 17.7 Å². The van der Waals surface area contributed by atoms with Crippen molar-refractivity contribution in [3.63, 3.8) is 0 Å². The van der Waals surface area contributed by atoms with Gasteiger partial charge in [-0.05, 0) is 41.8 Å². The lowest BCUT2D eigenvalue weighted by Crippen LogP contribution is -2.31. The van der Waals surface area contributed by atoms with Crippen molar-refractivity contribution in [3.05, 3.63) is 89.7 Å². The number of nitrogens with zero attached hydrogens (tertiary/aromatic N) is 1. The van der Waals surface area contributed by atoms with E-state index in [9.17, 15) is 21.6 Å². The smallest absolute Gasteiger partial charge is 0.242 e. The molecule has 1 unspecified atom stereocenters. The molecule has 1 saturated heterocycles. The van der Waals surface area contributed by atoms with Gasteiger partial charge >= 0.3 is 0 Å². The van der Waals surface area contributed by atoms with Crippen LogP contribution in [0.5, 0.6) is 5.75 Å². The first-order chi connectivity index (χ1) is 17.6. The molecule has 1 aromatic heterocycles. The largest absolute Gasteiger partial charge is 0.497 e. The van der Waals surface area contributed by atoms with Gasteiger partial charge in [0.2, 0.25) is 26.0 Å². The van der Waals surface area contributed by atoms with Crippen LogP contribution in [0.25, 0.3) is 11.0 Å². The SMILES string of the molecule is COc1cccc(S(=O)(=O)N[C@@H](Cc2ccc(C3CC(=O)NS3(=O)=O)cc2)c2nc3ccccc3[nH]2)c1. The van der Waals surface area contributed by atoms with Gasteiger partial charge < -0.3 is 9.72 Å². The number of aromatic amines is 1. The van der Waals surface area contributed by atoms with Gasteiger partial charge in [0.25, 0.3) is 0 Å². The van der Waals surface area contributed by atoms with Crippen LogP contribution in [0.1, 0.15) is 34.7 Å². The molecular formula is C25H24N4O6S2. The third kappa shape index (κ3) is 5.22. The van der Waals surface area contributed by atoms with E-state index in [1.165, 1.54) is 19.2 Å². The molecule has 10 nitrogen and oxygen atoms in total. The molecule has 1 aliphatic heterocycles. The molecule has 0 radical (unpaired) electrons. The molecule has 2 heterocycles. The van der Waals surface area contributed by atoms with Gasteiger partial charge in [0.1, 0.15) is 16.8 Å². The van der Waals surface area contributed by atoms with E-state index in [1.807, 2.05) is 29.0 Å². The molecule has 0 bridgehead atoms. The highest BCUT2D eigenvalue weighted by Gasteiger charge is 2.37. The van der Waals surface area contributed by atoms with Crippen LogP contribution >= 0.6 is 0 Å². The number of ether oxygens (including phenoxy) is 1. The minimum Gasteiger partial charge on any atom is -0.497 e. The number of amides is 1. The zero-order chi connectivity index (χ0) is 26.2. The highest BCUT2D eigenvalue weighted by molar-refractivity contribution is 7.90. The molecule has 1 fully saturated rings. The number of benzene rings is 3. The number of fused-ring (bicyclic) bond motifs is 1. The van der Waals surface area contributed by atoms with Crippen molar-refractivity contribution in [3.8, 4) is 5.75 Å². The summed E-state index contributed by atoms with van der Waals surface area (Å²) in [5.74, 6) is 0.310. The first-order valence-corrected chi connectivity index (χ1v) is 14.4. The number of carbonyl (C=O) groups is 1. The van der Waals surface area contributed by atoms with E-state index >= 15 is 0 Å².